The summed E-state index contributed by atoms with van der Waals surface area (Å²) in [6.45, 7) is 1.14. The van der Waals surface area contributed by atoms with E-state index >= 15 is 0 Å². The highest BCUT2D eigenvalue weighted by Gasteiger charge is 2.32. The lowest BCUT2D eigenvalue weighted by atomic mass is 10.0. The monoisotopic (exact) mass is 516 g/mol. The largest absolute Gasteiger partial charge is 0.488 e. The lowest BCUT2D eigenvalue weighted by Gasteiger charge is -2.14. The molecular weight excluding hydrogens is 496 g/mol. The molecule has 0 spiro atoms. The van der Waals surface area contributed by atoms with Gasteiger partial charge in [-0.15, -0.1) is 0 Å². The standard InChI is InChI=1S/C23H21BrN2O7/c1-29-22(27)19-20(25-26(21(19)23(28)30-2)15-6-4-3-5-7-15)16-12-14(24)8-9-17(16)33-13-18-31-10-11-32-18/h3-9,12,18H,10-11,13H2,1-2H3. The summed E-state index contributed by atoms with van der Waals surface area (Å²) < 4.78 is 28.9. The molecule has 172 valence electrons. The Bertz CT molecular complexity index is 1160. The van der Waals surface area contributed by atoms with E-state index < -0.39 is 18.2 Å². The molecule has 0 bridgehead atoms. The van der Waals surface area contributed by atoms with Gasteiger partial charge in [-0.2, -0.15) is 5.10 Å². The molecule has 0 unspecified atom stereocenters. The van der Waals surface area contributed by atoms with E-state index in [2.05, 4.69) is 21.0 Å². The van der Waals surface area contributed by atoms with Gasteiger partial charge >= 0.3 is 11.9 Å². The Labute approximate surface area is 198 Å². The van der Waals surface area contributed by atoms with Gasteiger partial charge in [-0.1, -0.05) is 34.1 Å². The normalized spacial score (nSPS) is 13.7. The molecule has 9 nitrogen and oxygen atoms in total. The molecule has 10 heteroatoms. The minimum atomic E-state index is -0.735. The van der Waals surface area contributed by atoms with Crippen LogP contribution in [0.1, 0.15) is 20.8 Å². The molecule has 2 heterocycles. The second kappa shape index (κ2) is 10.2. The van der Waals surface area contributed by atoms with Crippen molar-refractivity contribution in [3.8, 4) is 22.7 Å². The maximum Gasteiger partial charge on any atom is 0.357 e. The maximum atomic E-state index is 12.9. The zero-order chi connectivity index (χ0) is 23.4. The van der Waals surface area contributed by atoms with E-state index in [-0.39, 0.29) is 23.6 Å². The zero-order valence-corrected chi connectivity index (χ0v) is 19.5. The Kier molecular flexibility index (Phi) is 7.07. The Morgan fingerprint density at radius 2 is 1.76 bits per heavy atom. The van der Waals surface area contributed by atoms with Gasteiger partial charge in [0.1, 0.15) is 23.6 Å². The molecule has 0 atom stereocenters. The van der Waals surface area contributed by atoms with Crippen molar-refractivity contribution >= 4 is 27.9 Å². The summed E-state index contributed by atoms with van der Waals surface area (Å²) in [6, 6.07) is 14.2. The number of hydrogen-bond donors (Lipinski definition) is 0. The highest BCUT2D eigenvalue weighted by Crippen LogP contribution is 2.37. The van der Waals surface area contributed by atoms with Crippen molar-refractivity contribution < 1.29 is 33.3 Å². The molecule has 1 aliphatic rings. The van der Waals surface area contributed by atoms with Crippen LogP contribution in [0.4, 0.5) is 0 Å². The van der Waals surface area contributed by atoms with Gasteiger partial charge in [0.15, 0.2) is 12.0 Å². The van der Waals surface area contributed by atoms with Crippen molar-refractivity contribution in [2.45, 2.75) is 6.29 Å². The SMILES string of the molecule is COC(=O)c1c(-c2cc(Br)ccc2OCC2OCCO2)nn(-c2ccccc2)c1C(=O)OC. The fourth-order valence-electron chi connectivity index (χ4n) is 3.42. The number of benzene rings is 2. The quantitative estimate of drug-likeness (QED) is 0.439. The molecule has 3 aromatic rings. The number of nitrogens with zero attached hydrogens (tertiary/aromatic N) is 2. The predicted molar refractivity (Wildman–Crippen MR) is 121 cm³/mol. The molecule has 1 fully saturated rings. The molecule has 1 aromatic heterocycles. The summed E-state index contributed by atoms with van der Waals surface area (Å²) in [5, 5.41) is 4.62. The van der Waals surface area contributed by atoms with Gasteiger partial charge in [0, 0.05) is 10.0 Å². The van der Waals surface area contributed by atoms with Crippen LogP contribution in [0.25, 0.3) is 16.9 Å². The summed E-state index contributed by atoms with van der Waals surface area (Å²) in [5.41, 5.74) is 1.15. The molecule has 0 N–H and O–H groups in total. The first kappa shape index (κ1) is 23.0. The van der Waals surface area contributed by atoms with Crippen LogP contribution in [0, 0.1) is 0 Å². The summed E-state index contributed by atoms with van der Waals surface area (Å²) >= 11 is 3.46. The van der Waals surface area contributed by atoms with Crippen molar-refractivity contribution in [2.24, 2.45) is 0 Å². The lowest BCUT2D eigenvalue weighted by Crippen LogP contribution is -2.18. The predicted octanol–water partition coefficient (Wildman–Crippen LogP) is 3.63. The average Bonchev–Trinajstić information content (AvgIpc) is 3.51. The van der Waals surface area contributed by atoms with Crippen LogP contribution in [0.2, 0.25) is 0 Å². The smallest absolute Gasteiger partial charge is 0.357 e. The van der Waals surface area contributed by atoms with Gasteiger partial charge in [0.25, 0.3) is 0 Å². The summed E-state index contributed by atoms with van der Waals surface area (Å²) in [7, 11) is 2.47. The molecule has 0 radical (unpaired) electrons. The van der Waals surface area contributed by atoms with Crippen LogP contribution >= 0.6 is 15.9 Å². The van der Waals surface area contributed by atoms with Gasteiger partial charge in [0.2, 0.25) is 0 Å². The lowest BCUT2D eigenvalue weighted by molar-refractivity contribution is -0.0683. The van der Waals surface area contributed by atoms with Crippen molar-refractivity contribution in [3.63, 3.8) is 0 Å². The first-order chi connectivity index (χ1) is 16.0. The van der Waals surface area contributed by atoms with Crippen LogP contribution in [-0.2, 0) is 18.9 Å². The van der Waals surface area contributed by atoms with Crippen LogP contribution in [0.3, 0.4) is 0 Å². The number of aromatic nitrogens is 2. The minimum absolute atomic E-state index is 0.0375. The minimum Gasteiger partial charge on any atom is -0.488 e. The zero-order valence-electron chi connectivity index (χ0n) is 17.9. The number of carbonyl (C=O) groups excluding carboxylic acids is 2. The highest BCUT2D eigenvalue weighted by molar-refractivity contribution is 9.10. The first-order valence-corrected chi connectivity index (χ1v) is 10.8. The Morgan fingerprint density at radius 3 is 2.42 bits per heavy atom. The topological polar surface area (TPSA) is 98.1 Å². The molecule has 0 saturated carbocycles. The van der Waals surface area contributed by atoms with Crippen LogP contribution in [0.5, 0.6) is 5.75 Å². The fraction of sp³-hybridized carbons (Fsp3) is 0.261. The number of ether oxygens (including phenoxy) is 5. The molecule has 0 amide bonds. The Balaban J connectivity index is 1.90. The van der Waals surface area contributed by atoms with E-state index in [0.717, 1.165) is 4.47 Å². The van der Waals surface area contributed by atoms with Crippen molar-refractivity contribution in [2.75, 3.05) is 34.0 Å². The third-order valence-corrected chi connectivity index (χ3v) is 5.41. The Hall–Kier alpha value is -3.21. The summed E-state index contributed by atoms with van der Waals surface area (Å²) in [5.74, 6) is -1.04. The van der Waals surface area contributed by atoms with Crippen LogP contribution in [-0.4, -0.2) is 62.0 Å². The summed E-state index contributed by atoms with van der Waals surface area (Å²) in [6.07, 6.45) is -0.492. The van der Waals surface area contributed by atoms with Crippen molar-refractivity contribution in [3.05, 3.63) is 64.3 Å². The Morgan fingerprint density at radius 1 is 1.06 bits per heavy atom. The average molecular weight is 517 g/mol. The molecule has 33 heavy (non-hydrogen) atoms. The van der Waals surface area contributed by atoms with E-state index in [1.807, 2.05) is 6.07 Å². The molecule has 0 aliphatic carbocycles. The number of methoxy groups -OCH3 is 2. The number of halogens is 1. The number of carbonyl (C=O) groups is 2. The molecule has 2 aromatic carbocycles. The molecule has 1 saturated heterocycles. The van der Waals surface area contributed by atoms with Crippen molar-refractivity contribution in [1.29, 1.82) is 0 Å². The third kappa shape index (κ3) is 4.77. The first-order valence-electron chi connectivity index (χ1n) is 10.0. The van der Waals surface area contributed by atoms with Crippen LogP contribution < -0.4 is 4.74 Å². The maximum absolute atomic E-state index is 12.9. The van der Waals surface area contributed by atoms with Gasteiger partial charge < -0.3 is 23.7 Å². The summed E-state index contributed by atoms with van der Waals surface area (Å²) in [4.78, 5) is 25.7. The van der Waals surface area contributed by atoms with E-state index in [1.165, 1.54) is 18.9 Å². The van der Waals surface area contributed by atoms with E-state index in [0.29, 0.717) is 30.2 Å². The second-order valence-electron chi connectivity index (χ2n) is 6.93. The van der Waals surface area contributed by atoms with E-state index in [1.54, 1.807) is 42.5 Å². The van der Waals surface area contributed by atoms with Gasteiger partial charge in [0.05, 0.1) is 33.1 Å². The van der Waals surface area contributed by atoms with Crippen LogP contribution in [0.15, 0.2) is 53.0 Å². The fourth-order valence-corrected chi connectivity index (χ4v) is 3.78. The van der Waals surface area contributed by atoms with Gasteiger partial charge in [-0.05, 0) is 30.3 Å². The van der Waals surface area contributed by atoms with Gasteiger partial charge in [-0.3, -0.25) is 0 Å². The van der Waals surface area contributed by atoms with E-state index in [9.17, 15) is 9.59 Å². The van der Waals surface area contributed by atoms with Gasteiger partial charge in [-0.25, -0.2) is 14.3 Å². The van der Waals surface area contributed by atoms with E-state index in [4.69, 9.17) is 23.7 Å². The number of esters is 2. The number of rotatable bonds is 7. The molecule has 1 aliphatic heterocycles. The molecular formula is C23H21BrN2O7. The second-order valence-corrected chi connectivity index (χ2v) is 7.84. The third-order valence-electron chi connectivity index (χ3n) is 4.92. The number of hydrogen-bond acceptors (Lipinski definition) is 8. The van der Waals surface area contributed by atoms with Crippen molar-refractivity contribution in [1.82, 2.24) is 9.78 Å². The molecule has 4 rings (SSSR count). The highest BCUT2D eigenvalue weighted by atomic mass is 79.9. The number of para-hydroxylation sites is 1.